The number of benzene rings is 1. The van der Waals surface area contributed by atoms with Crippen molar-refractivity contribution in [1.29, 1.82) is 0 Å². The van der Waals surface area contributed by atoms with E-state index in [-0.39, 0.29) is 11.8 Å². The lowest BCUT2D eigenvalue weighted by Crippen LogP contribution is -2.40. The van der Waals surface area contributed by atoms with E-state index in [1.165, 1.54) is 18.3 Å². The van der Waals surface area contributed by atoms with Crippen molar-refractivity contribution < 1.29 is 9.59 Å². The van der Waals surface area contributed by atoms with Gasteiger partial charge in [0.15, 0.2) is 5.13 Å². The summed E-state index contributed by atoms with van der Waals surface area (Å²) in [5, 5.41) is 7.60. The molecule has 0 radical (unpaired) electrons. The Morgan fingerprint density at radius 2 is 2.14 bits per heavy atom. The van der Waals surface area contributed by atoms with Crippen LogP contribution in [-0.4, -0.2) is 22.8 Å². The van der Waals surface area contributed by atoms with Crippen molar-refractivity contribution in [3.63, 3.8) is 0 Å². The second kappa shape index (κ2) is 6.82. The zero-order valence-electron chi connectivity index (χ0n) is 11.5. The molecule has 21 heavy (non-hydrogen) atoms. The Bertz CT molecular complexity index is 672. The molecule has 110 valence electrons. The Hall–Kier alpha value is -1.73. The lowest BCUT2D eigenvalue weighted by Gasteiger charge is -2.10. The number of nitrogens with zero attached hydrogens (tertiary/aromatic N) is 1. The largest absolute Gasteiger partial charge is 0.345 e. The number of aromatic nitrogens is 1. The first-order valence-corrected chi connectivity index (χ1v) is 7.92. The summed E-state index contributed by atoms with van der Waals surface area (Å²) >= 11 is 4.76. The van der Waals surface area contributed by atoms with Crippen LogP contribution < -0.4 is 10.6 Å². The molecule has 0 aliphatic carbocycles. The highest BCUT2D eigenvalue weighted by atomic mass is 79.9. The molecular formula is C14H14BrN3O2S. The van der Waals surface area contributed by atoms with E-state index < -0.39 is 6.04 Å². The van der Waals surface area contributed by atoms with Crippen LogP contribution in [0.3, 0.4) is 0 Å². The van der Waals surface area contributed by atoms with Crippen molar-refractivity contribution in [2.24, 2.45) is 0 Å². The van der Waals surface area contributed by atoms with E-state index in [4.69, 9.17) is 0 Å². The quantitative estimate of drug-likeness (QED) is 0.872. The number of carbonyl (C=O) groups is 2. The number of thiazole rings is 1. The van der Waals surface area contributed by atoms with Gasteiger partial charge in [-0.3, -0.25) is 9.59 Å². The summed E-state index contributed by atoms with van der Waals surface area (Å²) in [7, 11) is 0. The highest BCUT2D eigenvalue weighted by Gasteiger charge is 2.15. The summed E-state index contributed by atoms with van der Waals surface area (Å²) in [6.07, 6.45) is 0. The normalized spacial score (nSPS) is 11.8. The van der Waals surface area contributed by atoms with Gasteiger partial charge in [-0.15, -0.1) is 11.3 Å². The summed E-state index contributed by atoms with van der Waals surface area (Å²) < 4.78 is 0.970. The van der Waals surface area contributed by atoms with Crippen LogP contribution in [0.2, 0.25) is 0 Å². The lowest BCUT2D eigenvalue weighted by atomic mass is 10.2. The fourth-order valence-corrected chi connectivity index (χ4v) is 2.82. The highest BCUT2D eigenvalue weighted by Crippen LogP contribution is 2.26. The molecule has 0 aliphatic rings. The van der Waals surface area contributed by atoms with E-state index in [9.17, 15) is 9.59 Å². The zero-order valence-corrected chi connectivity index (χ0v) is 13.9. The number of hydrogen-bond acceptors (Lipinski definition) is 4. The third-order valence-electron chi connectivity index (χ3n) is 2.67. The summed E-state index contributed by atoms with van der Waals surface area (Å²) in [4.78, 5) is 27.2. The average molecular weight is 368 g/mol. The van der Waals surface area contributed by atoms with Crippen LogP contribution in [0.15, 0.2) is 34.1 Å². The molecule has 1 aromatic heterocycles. The van der Waals surface area contributed by atoms with Crippen LogP contribution in [0.4, 0.5) is 5.13 Å². The molecule has 2 N–H and O–H groups in total. The van der Waals surface area contributed by atoms with Gasteiger partial charge in [-0.1, -0.05) is 28.1 Å². The van der Waals surface area contributed by atoms with Crippen LogP contribution in [0.5, 0.6) is 0 Å². The molecule has 0 aliphatic heterocycles. The minimum atomic E-state index is -0.597. The molecule has 1 unspecified atom stereocenters. The Morgan fingerprint density at radius 3 is 2.81 bits per heavy atom. The van der Waals surface area contributed by atoms with Crippen molar-refractivity contribution in [2.75, 3.05) is 5.32 Å². The number of anilines is 1. The minimum Gasteiger partial charge on any atom is -0.345 e. The predicted octanol–water partition coefficient (Wildman–Crippen LogP) is 3.04. The molecular weight excluding hydrogens is 354 g/mol. The molecule has 0 fully saturated rings. The van der Waals surface area contributed by atoms with E-state index in [0.29, 0.717) is 5.13 Å². The predicted molar refractivity (Wildman–Crippen MR) is 87.2 cm³/mol. The maximum atomic E-state index is 11.9. The maximum Gasteiger partial charge on any atom is 0.248 e. The van der Waals surface area contributed by atoms with Crippen LogP contribution in [0.1, 0.15) is 13.8 Å². The van der Waals surface area contributed by atoms with Gasteiger partial charge in [-0.2, -0.15) is 0 Å². The molecule has 2 amide bonds. The second-order valence-electron chi connectivity index (χ2n) is 4.46. The molecule has 2 rings (SSSR count). The van der Waals surface area contributed by atoms with Crippen LogP contribution >= 0.6 is 27.3 Å². The summed E-state index contributed by atoms with van der Waals surface area (Å²) in [5.41, 5.74) is 1.76. The number of carbonyl (C=O) groups excluding carboxylic acids is 2. The number of amides is 2. The molecule has 7 heteroatoms. The molecule has 2 aromatic rings. The third-order valence-corrected chi connectivity index (χ3v) is 3.92. The van der Waals surface area contributed by atoms with Crippen LogP contribution in [-0.2, 0) is 9.59 Å². The minimum absolute atomic E-state index is 0.244. The first kappa shape index (κ1) is 15.7. The first-order chi connectivity index (χ1) is 9.95. The third kappa shape index (κ3) is 4.37. The van der Waals surface area contributed by atoms with Gasteiger partial charge in [0.2, 0.25) is 11.8 Å². The Labute approximate surface area is 134 Å². The number of nitrogens with one attached hydrogen (secondary N) is 2. The molecule has 0 saturated carbocycles. The van der Waals surface area contributed by atoms with Gasteiger partial charge >= 0.3 is 0 Å². The molecule has 0 bridgehead atoms. The van der Waals surface area contributed by atoms with Gasteiger partial charge in [-0.05, 0) is 19.1 Å². The van der Waals surface area contributed by atoms with E-state index in [1.807, 2.05) is 29.6 Å². The molecule has 1 heterocycles. The molecule has 1 atom stereocenters. The fourth-order valence-electron chi connectivity index (χ4n) is 1.70. The Morgan fingerprint density at radius 1 is 1.38 bits per heavy atom. The molecule has 0 saturated heterocycles. The van der Waals surface area contributed by atoms with E-state index in [2.05, 4.69) is 31.5 Å². The molecule has 5 nitrogen and oxygen atoms in total. The smallest absolute Gasteiger partial charge is 0.248 e. The highest BCUT2D eigenvalue weighted by molar-refractivity contribution is 9.10. The van der Waals surface area contributed by atoms with E-state index in [0.717, 1.165) is 15.7 Å². The molecule has 0 spiro atoms. The number of hydrogen-bond donors (Lipinski definition) is 2. The van der Waals surface area contributed by atoms with Crippen molar-refractivity contribution in [3.8, 4) is 11.3 Å². The Balaban J connectivity index is 2.07. The van der Waals surface area contributed by atoms with Crippen molar-refractivity contribution in [3.05, 3.63) is 34.1 Å². The summed E-state index contributed by atoms with van der Waals surface area (Å²) in [5.74, 6) is -0.535. The van der Waals surface area contributed by atoms with E-state index in [1.54, 1.807) is 6.92 Å². The van der Waals surface area contributed by atoms with Crippen molar-refractivity contribution >= 4 is 44.2 Å². The van der Waals surface area contributed by atoms with Gasteiger partial charge in [-0.25, -0.2) is 4.98 Å². The zero-order chi connectivity index (χ0) is 15.4. The Kier molecular flexibility index (Phi) is 5.08. The van der Waals surface area contributed by atoms with Crippen LogP contribution in [0, 0.1) is 0 Å². The fraction of sp³-hybridized carbons (Fsp3) is 0.214. The van der Waals surface area contributed by atoms with Crippen molar-refractivity contribution in [1.82, 2.24) is 10.3 Å². The van der Waals surface area contributed by atoms with Gasteiger partial charge in [0.1, 0.15) is 6.04 Å². The van der Waals surface area contributed by atoms with Gasteiger partial charge in [0.05, 0.1) is 5.69 Å². The monoisotopic (exact) mass is 367 g/mol. The van der Waals surface area contributed by atoms with E-state index >= 15 is 0 Å². The lowest BCUT2D eigenvalue weighted by molar-refractivity contribution is -0.124. The van der Waals surface area contributed by atoms with Gasteiger partial charge in [0.25, 0.3) is 0 Å². The summed E-state index contributed by atoms with van der Waals surface area (Å²) in [6.45, 7) is 3.00. The standard InChI is InChI=1S/C14H14BrN3O2S/c1-8(16-9(2)19)13(20)18-14-17-12(7-21-14)10-4-3-5-11(15)6-10/h3-8H,1-2H3,(H,16,19)(H,17,18,20). The van der Waals surface area contributed by atoms with Crippen LogP contribution in [0.25, 0.3) is 11.3 Å². The average Bonchev–Trinajstić information content (AvgIpc) is 2.86. The molecule has 1 aromatic carbocycles. The SMILES string of the molecule is CC(=O)NC(C)C(=O)Nc1nc(-c2cccc(Br)c2)cs1. The first-order valence-electron chi connectivity index (χ1n) is 6.25. The second-order valence-corrected chi connectivity index (χ2v) is 6.23. The van der Waals surface area contributed by atoms with Gasteiger partial charge in [0, 0.05) is 22.3 Å². The van der Waals surface area contributed by atoms with Crippen molar-refractivity contribution in [2.45, 2.75) is 19.9 Å². The maximum absolute atomic E-state index is 11.9. The number of rotatable bonds is 4. The van der Waals surface area contributed by atoms with Gasteiger partial charge < -0.3 is 10.6 Å². The number of halogens is 1. The topological polar surface area (TPSA) is 71.1 Å². The summed E-state index contributed by atoms with van der Waals surface area (Å²) in [6, 6.07) is 7.18.